The summed E-state index contributed by atoms with van der Waals surface area (Å²) in [5.41, 5.74) is 10.4. The lowest BCUT2D eigenvalue weighted by Crippen LogP contribution is -2.18. The SMILES string of the molecule is CNC(=O)c1ccccc1Sc1ccc2c(c1)NNC2/C=C\c1ccccn1. The highest BCUT2D eigenvalue weighted by Gasteiger charge is 2.20. The smallest absolute Gasteiger partial charge is 0.252 e. The van der Waals surface area contributed by atoms with E-state index in [2.05, 4.69) is 45.4 Å². The van der Waals surface area contributed by atoms with E-state index in [1.165, 1.54) is 5.56 Å². The van der Waals surface area contributed by atoms with Crippen molar-refractivity contribution >= 4 is 29.4 Å². The Balaban J connectivity index is 1.53. The van der Waals surface area contributed by atoms with Crippen LogP contribution < -0.4 is 16.2 Å². The highest BCUT2D eigenvalue weighted by atomic mass is 32.2. The lowest BCUT2D eigenvalue weighted by molar-refractivity contribution is 0.0960. The van der Waals surface area contributed by atoms with Gasteiger partial charge in [-0.05, 0) is 48.0 Å². The minimum absolute atomic E-state index is 0.0780. The molecule has 0 bridgehead atoms. The molecule has 1 amide bonds. The summed E-state index contributed by atoms with van der Waals surface area (Å²) in [5.74, 6) is -0.0798. The largest absolute Gasteiger partial charge is 0.355 e. The van der Waals surface area contributed by atoms with Crippen molar-refractivity contribution < 1.29 is 4.79 Å². The van der Waals surface area contributed by atoms with Gasteiger partial charge in [-0.15, -0.1) is 0 Å². The van der Waals surface area contributed by atoms with Gasteiger partial charge in [0.25, 0.3) is 5.91 Å². The molecule has 0 saturated carbocycles. The molecule has 0 radical (unpaired) electrons. The van der Waals surface area contributed by atoms with Crippen LogP contribution in [0.1, 0.15) is 27.7 Å². The summed E-state index contributed by atoms with van der Waals surface area (Å²) in [6, 6.07) is 19.9. The number of carbonyl (C=O) groups excluding carboxylic acids is 1. The van der Waals surface area contributed by atoms with Crippen LogP contribution >= 0.6 is 11.8 Å². The lowest BCUT2D eigenvalue weighted by atomic mass is 10.1. The van der Waals surface area contributed by atoms with Crippen LogP contribution in [0.4, 0.5) is 5.69 Å². The van der Waals surface area contributed by atoms with Gasteiger partial charge in [0.1, 0.15) is 0 Å². The number of hydrogen-bond acceptors (Lipinski definition) is 5. The molecule has 0 saturated heterocycles. The lowest BCUT2D eigenvalue weighted by Gasteiger charge is -2.09. The third kappa shape index (κ3) is 3.93. The minimum Gasteiger partial charge on any atom is -0.355 e. The Morgan fingerprint density at radius 1 is 1.14 bits per heavy atom. The Labute approximate surface area is 168 Å². The first-order valence-electron chi connectivity index (χ1n) is 8.98. The van der Waals surface area contributed by atoms with E-state index >= 15 is 0 Å². The second-order valence-electron chi connectivity index (χ2n) is 6.29. The number of pyridine rings is 1. The topological polar surface area (TPSA) is 66.1 Å². The molecule has 5 nitrogen and oxygen atoms in total. The van der Waals surface area contributed by atoms with E-state index < -0.39 is 0 Å². The van der Waals surface area contributed by atoms with Crippen molar-refractivity contribution in [1.29, 1.82) is 0 Å². The van der Waals surface area contributed by atoms with E-state index in [1.54, 1.807) is 25.0 Å². The number of fused-ring (bicyclic) bond motifs is 1. The summed E-state index contributed by atoms with van der Waals surface area (Å²) in [6.45, 7) is 0. The first-order valence-corrected chi connectivity index (χ1v) is 9.80. The van der Waals surface area contributed by atoms with E-state index in [1.807, 2.05) is 48.5 Å². The van der Waals surface area contributed by atoms with Gasteiger partial charge in [-0.2, -0.15) is 0 Å². The molecule has 0 spiro atoms. The van der Waals surface area contributed by atoms with E-state index in [0.717, 1.165) is 21.2 Å². The summed E-state index contributed by atoms with van der Waals surface area (Å²) in [6.07, 6.45) is 5.89. The van der Waals surface area contributed by atoms with Gasteiger partial charge in [-0.1, -0.05) is 42.1 Å². The van der Waals surface area contributed by atoms with Crippen LogP contribution in [0.15, 0.2) is 82.7 Å². The molecule has 140 valence electrons. The predicted octanol–water partition coefficient (Wildman–Crippen LogP) is 4.28. The number of hydrogen-bond donors (Lipinski definition) is 3. The molecule has 6 heteroatoms. The Bertz CT molecular complexity index is 1020. The maximum atomic E-state index is 12.1. The van der Waals surface area contributed by atoms with Crippen LogP contribution in [-0.2, 0) is 0 Å². The molecule has 2 aromatic carbocycles. The van der Waals surface area contributed by atoms with Crippen LogP contribution in [0, 0.1) is 0 Å². The summed E-state index contributed by atoms with van der Waals surface area (Å²) in [5, 5.41) is 2.70. The van der Waals surface area contributed by atoms with Gasteiger partial charge in [0.05, 0.1) is 23.0 Å². The van der Waals surface area contributed by atoms with Crippen molar-refractivity contribution in [2.45, 2.75) is 15.8 Å². The van der Waals surface area contributed by atoms with Crippen molar-refractivity contribution in [2.75, 3.05) is 12.5 Å². The maximum Gasteiger partial charge on any atom is 0.252 e. The molecule has 3 N–H and O–H groups in total. The van der Waals surface area contributed by atoms with Gasteiger partial charge >= 0.3 is 0 Å². The van der Waals surface area contributed by atoms with Crippen molar-refractivity contribution in [3.8, 4) is 0 Å². The number of nitrogens with zero attached hydrogens (tertiary/aromatic N) is 1. The van der Waals surface area contributed by atoms with Crippen molar-refractivity contribution in [3.63, 3.8) is 0 Å². The fourth-order valence-electron chi connectivity index (χ4n) is 3.04. The molecule has 3 aromatic rings. The number of amides is 1. The van der Waals surface area contributed by atoms with Crippen LogP contribution in [0.2, 0.25) is 0 Å². The number of rotatable bonds is 5. The number of aromatic nitrogens is 1. The molecule has 1 aliphatic heterocycles. The maximum absolute atomic E-state index is 12.1. The van der Waals surface area contributed by atoms with Crippen molar-refractivity contribution in [1.82, 2.24) is 15.7 Å². The molecular weight excluding hydrogens is 368 g/mol. The highest BCUT2D eigenvalue weighted by molar-refractivity contribution is 7.99. The average molecular weight is 388 g/mol. The number of nitrogens with one attached hydrogen (secondary N) is 3. The Morgan fingerprint density at radius 2 is 2.00 bits per heavy atom. The van der Waals surface area contributed by atoms with Crippen LogP contribution in [-0.4, -0.2) is 17.9 Å². The quantitative estimate of drug-likeness (QED) is 0.609. The summed E-state index contributed by atoms with van der Waals surface area (Å²) >= 11 is 1.58. The van der Waals surface area contributed by atoms with Gasteiger partial charge in [0.2, 0.25) is 0 Å². The normalized spacial score (nSPS) is 15.2. The van der Waals surface area contributed by atoms with E-state index in [0.29, 0.717) is 5.56 Å². The standard InChI is InChI=1S/C22H20N4OS/c1-23-22(27)18-7-2-3-8-21(18)28-16-10-11-17-19(25-26-20(17)14-16)12-9-15-6-4-5-13-24-15/h2-14,19,25-26H,1H3,(H,23,27)/b12-9-. The Morgan fingerprint density at radius 3 is 2.82 bits per heavy atom. The van der Waals surface area contributed by atoms with Crippen LogP contribution in [0.25, 0.3) is 6.08 Å². The molecule has 4 rings (SSSR count). The Kier molecular flexibility index (Phi) is 5.41. The highest BCUT2D eigenvalue weighted by Crippen LogP contribution is 2.36. The molecule has 1 unspecified atom stereocenters. The van der Waals surface area contributed by atoms with Crippen molar-refractivity contribution in [2.24, 2.45) is 0 Å². The summed E-state index contributed by atoms with van der Waals surface area (Å²) in [7, 11) is 1.65. The fourth-order valence-corrected chi connectivity index (χ4v) is 4.02. The first-order chi connectivity index (χ1) is 13.7. The van der Waals surface area contributed by atoms with E-state index in [9.17, 15) is 4.79 Å². The minimum atomic E-state index is -0.0798. The molecule has 2 heterocycles. The molecule has 1 aromatic heterocycles. The third-order valence-corrected chi connectivity index (χ3v) is 5.52. The average Bonchev–Trinajstić information content (AvgIpc) is 3.15. The van der Waals surface area contributed by atoms with Crippen LogP contribution in [0.5, 0.6) is 0 Å². The zero-order chi connectivity index (χ0) is 19.3. The second kappa shape index (κ2) is 8.29. The van der Waals surface area contributed by atoms with Crippen molar-refractivity contribution in [3.05, 3.63) is 89.8 Å². The summed E-state index contributed by atoms with van der Waals surface area (Å²) in [4.78, 5) is 18.4. The molecule has 0 aliphatic carbocycles. The third-order valence-electron chi connectivity index (χ3n) is 4.46. The molecule has 1 atom stereocenters. The molecule has 0 fully saturated rings. The van der Waals surface area contributed by atoms with Gasteiger partial charge in [0.15, 0.2) is 0 Å². The number of benzene rings is 2. The Hall–Kier alpha value is -3.09. The van der Waals surface area contributed by atoms with E-state index in [4.69, 9.17) is 0 Å². The van der Waals surface area contributed by atoms with Gasteiger partial charge in [0, 0.05) is 23.0 Å². The zero-order valence-electron chi connectivity index (χ0n) is 15.3. The van der Waals surface area contributed by atoms with E-state index in [-0.39, 0.29) is 11.9 Å². The van der Waals surface area contributed by atoms with Gasteiger partial charge in [-0.3, -0.25) is 9.78 Å². The van der Waals surface area contributed by atoms with Gasteiger partial charge in [-0.25, -0.2) is 5.43 Å². The predicted molar refractivity (Wildman–Crippen MR) is 113 cm³/mol. The van der Waals surface area contributed by atoms with Gasteiger partial charge < -0.3 is 10.7 Å². The monoisotopic (exact) mass is 388 g/mol. The number of hydrazine groups is 1. The molecular formula is C22H20N4OS. The molecule has 28 heavy (non-hydrogen) atoms. The fraction of sp³-hybridized carbons (Fsp3) is 0.0909. The molecule has 1 aliphatic rings. The number of carbonyl (C=O) groups is 1. The van der Waals surface area contributed by atoms with Crippen LogP contribution in [0.3, 0.4) is 0 Å². The second-order valence-corrected chi connectivity index (χ2v) is 7.40. The first kappa shape index (κ1) is 18.3. The zero-order valence-corrected chi connectivity index (χ0v) is 16.2. The number of anilines is 1. The summed E-state index contributed by atoms with van der Waals surface area (Å²) < 4.78 is 0.